The molecule has 1 atom stereocenters. The molecule has 0 spiro atoms. The van der Waals surface area contributed by atoms with Gasteiger partial charge in [-0.1, -0.05) is 24.3 Å². The van der Waals surface area contributed by atoms with Gasteiger partial charge in [0.25, 0.3) is 5.91 Å². The van der Waals surface area contributed by atoms with Gasteiger partial charge in [0, 0.05) is 24.4 Å². The number of nitrogens with zero attached hydrogens (tertiary/aromatic N) is 5. The second-order valence-corrected chi connectivity index (χ2v) is 6.51. The van der Waals surface area contributed by atoms with E-state index in [1.807, 2.05) is 61.4 Å². The first-order chi connectivity index (χ1) is 11.9. The van der Waals surface area contributed by atoms with Crippen molar-refractivity contribution in [2.24, 2.45) is 4.99 Å². The Kier molecular flexibility index (Phi) is 4.53. The molecule has 0 bridgehead atoms. The number of rotatable bonds is 3. The third-order valence-corrected chi connectivity index (χ3v) is 4.43. The second-order valence-electron chi connectivity index (χ2n) is 6.51. The fourth-order valence-corrected chi connectivity index (χ4v) is 3.13. The van der Waals surface area contributed by atoms with Crippen molar-refractivity contribution >= 4 is 11.6 Å². The van der Waals surface area contributed by atoms with Crippen molar-refractivity contribution < 1.29 is 4.79 Å². The number of allylic oxidation sites excluding steroid dienone is 1. The fourth-order valence-electron chi connectivity index (χ4n) is 3.13. The molecule has 1 aromatic carbocycles. The Bertz CT molecular complexity index is 847. The Labute approximate surface area is 147 Å². The average molecular weight is 337 g/mol. The van der Waals surface area contributed by atoms with Crippen molar-refractivity contribution in [3.8, 4) is 0 Å². The fraction of sp³-hybridized carbons (Fsp3) is 0.368. The van der Waals surface area contributed by atoms with Crippen LogP contribution >= 0.6 is 0 Å². The lowest BCUT2D eigenvalue weighted by Gasteiger charge is -2.33. The molecule has 0 saturated carbocycles. The Morgan fingerprint density at radius 3 is 2.52 bits per heavy atom. The van der Waals surface area contributed by atoms with Crippen molar-refractivity contribution in [3.05, 3.63) is 59.3 Å². The second kappa shape index (κ2) is 6.63. The summed E-state index contributed by atoms with van der Waals surface area (Å²) >= 11 is 0. The number of aromatic nitrogens is 3. The molecule has 0 radical (unpaired) electrons. The van der Waals surface area contributed by atoms with Crippen LogP contribution in [0, 0.1) is 6.92 Å². The maximum absolute atomic E-state index is 12.9. The minimum Gasteiger partial charge on any atom is -0.327 e. The van der Waals surface area contributed by atoms with Crippen molar-refractivity contribution in [3.63, 3.8) is 0 Å². The summed E-state index contributed by atoms with van der Waals surface area (Å²) in [5.74, 6) is 1.56. The minimum absolute atomic E-state index is 0.0237. The van der Waals surface area contributed by atoms with Crippen LogP contribution in [0.4, 0.5) is 0 Å². The molecule has 2 heterocycles. The normalized spacial score (nSPS) is 17.4. The van der Waals surface area contributed by atoms with E-state index in [1.165, 1.54) is 0 Å². The van der Waals surface area contributed by atoms with Crippen molar-refractivity contribution in [2.75, 3.05) is 6.54 Å². The van der Waals surface area contributed by atoms with Gasteiger partial charge in [-0.3, -0.25) is 9.79 Å². The Balaban J connectivity index is 1.88. The van der Waals surface area contributed by atoms with E-state index in [2.05, 4.69) is 21.8 Å². The van der Waals surface area contributed by atoms with Crippen LogP contribution in [-0.2, 0) is 6.54 Å². The lowest BCUT2D eigenvalue weighted by atomic mass is 10.1. The van der Waals surface area contributed by atoms with Crippen LogP contribution in [0.15, 0.2) is 41.5 Å². The Hall–Kier alpha value is -2.76. The highest BCUT2D eigenvalue weighted by atomic mass is 16.2. The summed E-state index contributed by atoms with van der Waals surface area (Å²) in [5.41, 5.74) is 3.36. The van der Waals surface area contributed by atoms with Gasteiger partial charge in [0.2, 0.25) is 0 Å². The van der Waals surface area contributed by atoms with E-state index in [1.54, 1.807) is 0 Å². The number of fused-ring (bicyclic) bond motifs is 1. The van der Waals surface area contributed by atoms with Gasteiger partial charge < -0.3 is 9.47 Å². The molecule has 2 aromatic rings. The van der Waals surface area contributed by atoms with Crippen LogP contribution in [0.3, 0.4) is 0 Å². The van der Waals surface area contributed by atoms with Crippen molar-refractivity contribution in [1.82, 2.24) is 19.7 Å². The number of aryl methyl sites for hydroxylation is 1. The lowest BCUT2D eigenvalue weighted by Crippen LogP contribution is -2.41. The molecule has 1 aromatic heterocycles. The quantitative estimate of drug-likeness (QED) is 0.808. The molecular weight excluding hydrogens is 314 g/mol. The number of carbonyl (C=O) groups is 1. The van der Waals surface area contributed by atoms with Gasteiger partial charge in [0.05, 0.1) is 11.8 Å². The van der Waals surface area contributed by atoms with Crippen LogP contribution in [0.25, 0.3) is 0 Å². The number of hydrogen-bond acceptors (Lipinski definition) is 4. The number of benzene rings is 1. The SMILES string of the molecule is C=C(C)/N=C(\C)c1nnc2n1CCN(C(=O)c1ccc(C)cc1)[C@@H]2C. The van der Waals surface area contributed by atoms with Crippen LogP contribution in [0.5, 0.6) is 0 Å². The summed E-state index contributed by atoms with van der Waals surface area (Å²) < 4.78 is 2.05. The number of carbonyl (C=O) groups excluding carboxylic acids is 1. The van der Waals surface area contributed by atoms with E-state index in [4.69, 9.17) is 0 Å². The van der Waals surface area contributed by atoms with Gasteiger partial charge in [0.15, 0.2) is 11.6 Å². The molecule has 25 heavy (non-hydrogen) atoms. The van der Waals surface area contributed by atoms with Gasteiger partial charge in [-0.25, -0.2) is 0 Å². The third kappa shape index (κ3) is 3.24. The Morgan fingerprint density at radius 1 is 1.20 bits per heavy atom. The van der Waals surface area contributed by atoms with Crippen molar-refractivity contribution in [2.45, 2.75) is 40.3 Å². The highest BCUT2D eigenvalue weighted by Gasteiger charge is 2.32. The van der Waals surface area contributed by atoms with E-state index in [0.717, 1.165) is 28.6 Å². The topological polar surface area (TPSA) is 63.4 Å². The number of aliphatic imine (C=N–C) groups is 1. The zero-order chi connectivity index (χ0) is 18.1. The molecule has 0 aliphatic carbocycles. The predicted molar refractivity (Wildman–Crippen MR) is 97.7 cm³/mol. The monoisotopic (exact) mass is 337 g/mol. The molecule has 0 N–H and O–H groups in total. The van der Waals surface area contributed by atoms with E-state index < -0.39 is 0 Å². The summed E-state index contributed by atoms with van der Waals surface area (Å²) in [7, 11) is 0. The largest absolute Gasteiger partial charge is 0.327 e. The first kappa shape index (κ1) is 17.1. The molecular formula is C19H23N5O. The summed E-state index contributed by atoms with van der Waals surface area (Å²) in [6, 6.07) is 7.53. The van der Waals surface area contributed by atoms with Crippen LogP contribution in [0.1, 0.15) is 54.4 Å². The minimum atomic E-state index is -0.138. The Morgan fingerprint density at radius 2 is 1.88 bits per heavy atom. The van der Waals surface area contributed by atoms with Gasteiger partial charge in [-0.15, -0.1) is 10.2 Å². The third-order valence-electron chi connectivity index (χ3n) is 4.43. The molecule has 1 aliphatic heterocycles. The van der Waals surface area contributed by atoms with Crippen LogP contribution < -0.4 is 0 Å². The van der Waals surface area contributed by atoms with Gasteiger partial charge in [-0.2, -0.15) is 0 Å². The zero-order valence-electron chi connectivity index (χ0n) is 15.2. The molecule has 0 saturated heterocycles. The highest BCUT2D eigenvalue weighted by molar-refractivity contribution is 5.96. The standard InChI is InChI=1S/C19H23N5O/c1-12(2)20-14(4)17-21-22-18-15(5)23(10-11-24(17)18)19(25)16-8-6-13(3)7-9-16/h6-9,15H,1,10-11H2,2-5H3/b20-14+/t15-/m1/s1. The maximum Gasteiger partial charge on any atom is 0.254 e. The van der Waals surface area contributed by atoms with E-state index in [0.29, 0.717) is 18.7 Å². The molecule has 130 valence electrons. The lowest BCUT2D eigenvalue weighted by molar-refractivity contribution is 0.0637. The highest BCUT2D eigenvalue weighted by Crippen LogP contribution is 2.26. The zero-order valence-corrected chi connectivity index (χ0v) is 15.2. The molecule has 0 unspecified atom stereocenters. The van der Waals surface area contributed by atoms with Crippen LogP contribution in [-0.4, -0.2) is 37.8 Å². The number of hydrogen-bond donors (Lipinski definition) is 0. The van der Waals surface area contributed by atoms with E-state index in [-0.39, 0.29) is 11.9 Å². The molecule has 6 heteroatoms. The molecule has 1 aliphatic rings. The average Bonchev–Trinajstić information content (AvgIpc) is 3.00. The van der Waals surface area contributed by atoms with E-state index >= 15 is 0 Å². The van der Waals surface area contributed by atoms with Gasteiger partial charge >= 0.3 is 0 Å². The summed E-state index contributed by atoms with van der Waals surface area (Å²) in [6.45, 7) is 12.8. The number of amides is 1. The summed E-state index contributed by atoms with van der Waals surface area (Å²) in [6.07, 6.45) is 0. The maximum atomic E-state index is 12.9. The predicted octanol–water partition coefficient (Wildman–Crippen LogP) is 3.15. The molecule has 3 rings (SSSR count). The van der Waals surface area contributed by atoms with Gasteiger partial charge in [0.1, 0.15) is 0 Å². The van der Waals surface area contributed by atoms with E-state index in [9.17, 15) is 4.79 Å². The smallest absolute Gasteiger partial charge is 0.254 e. The molecule has 1 amide bonds. The van der Waals surface area contributed by atoms with Crippen molar-refractivity contribution in [1.29, 1.82) is 0 Å². The van der Waals surface area contributed by atoms with Crippen LogP contribution in [0.2, 0.25) is 0 Å². The van der Waals surface area contributed by atoms with Gasteiger partial charge in [-0.05, 0) is 39.8 Å². The summed E-state index contributed by atoms with van der Waals surface area (Å²) in [4.78, 5) is 19.1. The summed E-state index contributed by atoms with van der Waals surface area (Å²) in [5, 5.41) is 8.60. The molecule has 6 nitrogen and oxygen atoms in total. The first-order valence-corrected chi connectivity index (χ1v) is 8.40. The first-order valence-electron chi connectivity index (χ1n) is 8.40. The molecule has 0 fully saturated rings.